The molecule has 9 saturated carbocycles. The Bertz CT molecular complexity index is 3710. The highest BCUT2D eigenvalue weighted by Gasteiger charge is 3.01. The molecule has 30 unspecified atom stereocenters. The number of carbonyl (C=O) groups excluding carboxylic acids is 3. The Morgan fingerprint density at radius 2 is 1.79 bits per heavy atom. The summed E-state index contributed by atoms with van der Waals surface area (Å²) in [5, 5.41) is 42.4. The van der Waals surface area contributed by atoms with Gasteiger partial charge < -0.3 is 43.6 Å². The van der Waals surface area contributed by atoms with E-state index in [1.54, 1.807) is 0 Å². The van der Waals surface area contributed by atoms with Crippen LogP contribution in [0.15, 0.2) is 77.1 Å². The van der Waals surface area contributed by atoms with Crippen molar-refractivity contribution in [2.24, 2.45) is 128 Å². The highest BCUT2D eigenvalue weighted by molar-refractivity contribution is 5.94. The van der Waals surface area contributed by atoms with E-state index in [2.05, 4.69) is 96.7 Å². The van der Waals surface area contributed by atoms with Gasteiger partial charge in [0.25, 0.3) is 0 Å². The smallest absolute Gasteiger partial charge is 0.339 e. The Morgan fingerprint density at radius 1 is 0.902 bits per heavy atom. The van der Waals surface area contributed by atoms with Crippen molar-refractivity contribution in [3.05, 3.63) is 95.1 Å². The molecule has 1 aromatic heterocycles. The summed E-state index contributed by atoms with van der Waals surface area (Å²) < 4.78 is 38.7. The first-order chi connectivity index (χ1) is 44.7. The molecule has 13 nitrogen and oxygen atoms in total. The molecular formula is C79H94N2O11. The second-order valence-electron chi connectivity index (χ2n) is 35.1. The number of epoxide rings is 1. The van der Waals surface area contributed by atoms with Gasteiger partial charge in [-0.2, -0.15) is 0 Å². The van der Waals surface area contributed by atoms with E-state index in [0.29, 0.717) is 79.9 Å². The van der Waals surface area contributed by atoms with Gasteiger partial charge in [0, 0.05) is 52.7 Å². The van der Waals surface area contributed by atoms with Crippen molar-refractivity contribution >= 4 is 17.7 Å². The highest BCUT2D eigenvalue weighted by Crippen LogP contribution is 2.92. The van der Waals surface area contributed by atoms with E-state index < -0.39 is 97.9 Å². The third kappa shape index (κ3) is 6.16. The van der Waals surface area contributed by atoms with E-state index in [1.807, 2.05) is 6.26 Å². The molecule has 486 valence electrons. The number of carbonyl (C=O) groups is 3. The number of nitrogens with one attached hydrogen (secondary N) is 1. The standard InChI is InChI=1S/C79H94N2O11/c1-42-54-13-6-11-45(54)22-27-72(42)25-8-26-75-61(72)33-53-32-52-12-7-24-73(52)36-50-35-71(2)77-51(20-17-49-39-88-60(62(49)77)34-56(59(83)38-82)47-18-21-55-48(31-47)23-28-81-41-80-37-58(55)81)19-16-46-15-14-44(29-43-9-4-3-5-10-43)30-57(46)76(79(71)68(90-79)70(87)91-77)64(50)74(65(75)63(84)67(76)85)40-89-69(86)66(73)78(53,74)92-75/h3-5,8-10,23,25,28,33,39,42,44-48,50-52,54-59,61,64-68,80,82-83,85H,6-7,11-15,17-18,20-22,24,26-27,29-32,34-38,40-41H2,1-2H3. The molecule has 4 N–H and O–H groups in total. The zero-order valence-electron chi connectivity index (χ0n) is 53.9. The first-order valence-corrected chi connectivity index (χ1v) is 37.2. The molecule has 19 aliphatic rings. The predicted octanol–water partition coefficient (Wildman–Crippen LogP) is 10.1. The average molecular weight is 1250 g/mol. The number of rotatable bonds is 7. The minimum atomic E-state index is -1.57. The van der Waals surface area contributed by atoms with Gasteiger partial charge in [0.05, 0.1) is 54.4 Å². The predicted molar refractivity (Wildman–Crippen MR) is 336 cm³/mol. The van der Waals surface area contributed by atoms with Crippen molar-refractivity contribution < 1.29 is 53.1 Å². The topological polar surface area (TPSA) is 181 Å². The van der Waals surface area contributed by atoms with Gasteiger partial charge in [0.1, 0.15) is 29.7 Å². The normalized spacial score (nSPS) is 54.4. The van der Waals surface area contributed by atoms with E-state index in [0.717, 1.165) is 108 Å². The Kier molecular flexibility index (Phi) is 11.4. The number of Topliss-reactive ketones (excluding diaryl/α,β-unsaturated/α-hetero) is 1. The molecule has 1 aromatic carbocycles. The fourth-order valence-corrected chi connectivity index (χ4v) is 30.5. The minimum Gasteiger partial charge on any atom is -0.469 e. The van der Waals surface area contributed by atoms with Crippen LogP contribution in [0.3, 0.4) is 0 Å². The number of hydrogen-bond acceptors (Lipinski definition) is 13. The molecule has 9 bridgehead atoms. The number of aryl methyl sites for hydroxylation is 1. The number of aliphatic hydroxyl groups is 3. The lowest BCUT2D eigenvalue weighted by Crippen LogP contribution is -2.84. The molecule has 0 amide bonds. The number of cyclic esters (lactones) is 1. The fraction of sp³-hybridized carbons (Fsp3) is 0.734. The van der Waals surface area contributed by atoms with E-state index in [-0.39, 0.29) is 71.8 Å². The Labute approximate surface area is 541 Å². The quantitative estimate of drug-likeness (QED) is 0.0891. The summed E-state index contributed by atoms with van der Waals surface area (Å²) in [5.41, 5.74) is -5.25. The molecule has 21 rings (SSSR count). The number of hydrogen-bond donors (Lipinski definition) is 4. The van der Waals surface area contributed by atoms with Crippen LogP contribution in [0.5, 0.6) is 0 Å². The molecule has 30 atom stereocenters. The first kappa shape index (κ1) is 56.6. The van der Waals surface area contributed by atoms with Gasteiger partial charge in [-0.1, -0.05) is 99.6 Å². The molecule has 8 heterocycles. The summed E-state index contributed by atoms with van der Waals surface area (Å²) in [6, 6.07) is 11.3. The SMILES string of the molecule is CC1C2CCCC2CCC12C=CCC13OC45C(=CC21)CC1CCCC12CC1CC6(C)C78OC(=O)C9OC96C6(C(O)C(=O)C3C4(COC(=O)C25)C16)C1CC(Cc2ccccc2)CCC1C#CC7CCc1coc(CC(C(O)CO)C2CCC3C(C=CN4CNCC34)C2)c18. The van der Waals surface area contributed by atoms with Gasteiger partial charge in [-0.05, 0) is 215 Å². The number of esters is 2. The maximum Gasteiger partial charge on any atom is 0.339 e. The molecule has 7 aliphatic heterocycles. The lowest BCUT2D eigenvalue weighted by molar-refractivity contribution is -0.320. The van der Waals surface area contributed by atoms with Crippen LogP contribution in [-0.4, -0.2) is 106 Å². The van der Waals surface area contributed by atoms with Crippen molar-refractivity contribution in [3.63, 3.8) is 0 Å². The van der Waals surface area contributed by atoms with Crippen LogP contribution in [0.2, 0.25) is 0 Å². The molecule has 5 saturated heterocycles. The van der Waals surface area contributed by atoms with Gasteiger partial charge >= 0.3 is 11.9 Å². The van der Waals surface area contributed by atoms with Crippen molar-refractivity contribution in [3.8, 4) is 11.8 Å². The van der Waals surface area contributed by atoms with Crippen molar-refractivity contribution in [2.75, 3.05) is 26.4 Å². The molecule has 14 fully saturated rings. The summed E-state index contributed by atoms with van der Waals surface area (Å²) in [6.45, 7) is 6.36. The lowest BCUT2D eigenvalue weighted by Gasteiger charge is -2.74. The maximum atomic E-state index is 18.1. The van der Waals surface area contributed by atoms with Crippen LogP contribution < -0.4 is 5.32 Å². The highest BCUT2D eigenvalue weighted by atomic mass is 16.7. The fourth-order valence-electron chi connectivity index (χ4n) is 30.5. The van der Waals surface area contributed by atoms with Crippen molar-refractivity contribution in [2.45, 2.75) is 202 Å². The van der Waals surface area contributed by atoms with Crippen molar-refractivity contribution in [1.29, 1.82) is 0 Å². The molecule has 13 heteroatoms. The maximum absolute atomic E-state index is 18.1. The van der Waals surface area contributed by atoms with Crippen LogP contribution in [0, 0.1) is 140 Å². The number of ketones is 1. The average Bonchev–Trinajstić information content (AvgIpc) is 1.41. The zero-order valence-corrected chi connectivity index (χ0v) is 53.9. The summed E-state index contributed by atoms with van der Waals surface area (Å²) in [6.07, 6.45) is 29.7. The summed E-state index contributed by atoms with van der Waals surface area (Å²) in [7, 11) is 0. The summed E-state index contributed by atoms with van der Waals surface area (Å²) in [4.78, 5) is 53.2. The monoisotopic (exact) mass is 1250 g/mol. The number of ether oxygens (including phenoxy) is 4. The van der Waals surface area contributed by atoms with Crippen LogP contribution in [0.25, 0.3) is 0 Å². The molecule has 0 radical (unpaired) electrons. The molecule has 2 aromatic rings. The van der Waals surface area contributed by atoms with E-state index in [4.69, 9.17) is 23.4 Å². The molecular weight excluding hydrogens is 1150 g/mol. The zero-order chi connectivity index (χ0) is 61.6. The van der Waals surface area contributed by atoms with Gasteiger partial charge in [0.2, 0.25) is 0 Å². The summed E-state index contributed by atoms with van der Waals surface area (Å²) >= 11 is 0. The number of furan rings is 1. The summed E-state index contributed by atoms with van der Waals surface area (Å²) in [5.74, 6) is 7.28. The van der Waals surface area contributed by atoms with Crippen LogP contribution in [0.1, 0.15) is 158 Å². The van der Waals surface area contributed by atoms with Crippen LogP contribution >= 0.6 is 0 Å². The van der Waals surface area contributed by atoms with Gasteiger partial charge in [-0.15, -0.1) is 0 Å². The molecule has 12 aliphatic carbocycles. The Balaban J connectivity index is 0.799. The number of aliphatic hydroxyl groups excluding tert-OH is 3. The molecule has 8 spiro atoms. The Morgan fingerprint density at radius 3 is 2.67 bits per heavy atom. The number of fused-ring (bicyclic) bond motifs is 7. The van der Waals surface area contributed by atoms with E-state index in [9.17, 15) is 10.2 Å². The Hall–Kier alpha value is -4.55. The second kappa shape index (κ2) is 18.6. The second-order valence-corrected chi connectivity index (χ2v) is 35.1. The van der Waals surface area contributed by atoms with Crippen LogP contribution in [-0.2, 0) is 58.2 Å². The number of allylic oxidation sites excluding steroid dienone is 2. The first-order valence-electron chi connectivity index (χ1n) is 37.2. The van der Waals surface area contributed by atoms with Crippen LogP contribution in [0.4, 0.5) is 0 Å². The van der Waals surface area contributed by atoms with Gasteiger partial charge in [-0.25, -0.2) is 4.79 Å². The third-order valence-electron chi connectivity index (χ3n) is 33.1. The van der Waals surface area contributed by atoms with Crippen molar-refractivity contribution in [1.82, 2.24) is 10.2 Å². The molecule has 92 heavy (non-hydrogen) atoms. The lowest BCUT2D eigenvalue weighted by atomic mass is 9.28. The van der Waals surface area contributed by atoms with Gasteiger partial charge in [0.15, 0.2) is 17.5 Å². The van der Waals surface area contributed by atoms with Gasteiger partial charge in [-0.3, -0.25) is 14.9 Å². The van der Waals surface area contributed by atoms with E-state index >= 15 is 19.5 Å². The largest absolute Gasteiger partial charge is 0.469 e. The minimum absolute atomic E-state index is 0.0308. The van der Waals surface area contributed by atoms with E-state index in [1.165, 1.54) is 30.4 Å². The number of nitrogens with zero attached hydrogens (tertiary/aromatic N) is 1. The number of benzene rings is 1. The third-order valence-corrected chi connectivity index (χ3v) is 33.1.